The highest BCUT2D eigenvalue weighted by Gasteiger charge is 2.16. The molecule has 0 N–H and O–H groups in total. The predicted octanol–water partition coefficient (Wildman–Crippen LogP) is 2.78. The minimum Gasteiger partial charge on any atom is -0.457 e. The Bertz CT molecular complexity index is 381. The van der Waals surface area contributed by atoms with Crippen molar-refractivity contribution in [2.75, 3.05) is 13.7 Å². The van der Waals surface area contributed by atoms with Crippen molar-refractivity contribution in [3.05, 3.63) is 34.1 Å². The smallest absolute Gasteiger partial charge is 0.341 e. The molecule has 0 fully saturated rings. The lowest BCUT2D eigenvalue weighted by molar-refractivity contribution is 0.0116. The minimum atomic E-state index is -0.686. The van der Waals surface area contributed by atoms with Crippen molar-refractivity contribution in [2.24, 2.45) is 0 Å². The summed E-state index contributed by atoms with van der Waals surface area (Å²) in [6, 6.07) is 4.18. The van der Waals surface area contributed by atoms with E-state index in [1.165, 1.54) is 19.2 Å². The lowest BCUT2D eigenvalue weighted by Crippen LogP contribution is -2.20. The Hall–Kier alpha value is -0.940. The average molecular weight is 291 g/mol. The average Bonchev–Trinajstić information content (AvgIpc) is 2.17. The number of esters is 1. The Labute approximate surface area is 102 Å². The Morgan fingerprint density at radius 3 is 2.81 bits per heavy atom. The second kappa shape index (κ2) is 5.96. The van der Waals surface area contributed by atoms with Crippen LogP contribution in [0.25, 0.3) is 0 Å². The predicted molar refractivity (Wildman–Crippen MR) is 60.9 cm³/mol. The Morgan fingerprint density at radius 1 is 1.56 bits per heavy atom. The SMILES string of the molecule is COCC(C)OC(=O)c1ccc(Br)cc1F. The van der Waals surface area contributed by atoms with E-state index in [1.807, 2.05) is 0 Å². The van der Waals surface area contributed by atoms with Crippen LogP contribution in [0.2, 0.25) is 0 Å². The van der Waals surface area contributed by atoms with Crippen molar-refractivity contribution < 1.29 is 18.7 Å². The third-order valence-electron chi connectivity index (χ3n) is 1.86. The summed E-state index contributed by atoms with van der Waals surface area (Å²) in [5, 5.41) is 0. The molecule has 0 spiro atoms. The fraction of sp³-hybridized carbons (Fsp3) is 0.364. The number of rotatable bonds is 4. The molecule has 0 radical (unpaired) electrons. The maximum Gasteiger partial charge on any atom is 0.341 e. The summed E-state index contributed by atoms with van der Waals surface area (Å²) in [6.07, 6.45) is -0.402. The molecule has 16 heavy (non-hydrogen) atoms. The first-order valence-corrected chi connectivity index (χ1v) is 5.49. The third kappa shape index (κ3) is 3.57. The van der Waals surface area contributed by atoms with Crippen LogP contribution in [0.5, 0.6) is 0 Å². The topological polar surface area (TPSA) is 35.5 Å². The molecule has 0 aromatic heterocycles. The Morgan fingerprint density at radius 2 is 2.25 bits per heavy atom. The highest BCUT2D eigenvalue weighted by Crippen LogP contribution is 2.16. The van der Waals surface area contributed by atoms with E-state index in [4.69, 9.17) is 9.47 Å². The molecule has 0 aliphatic rings. The normalized spacial score (nSPS) is 12.2. The second-order valence-corrected chi connectivity index (χ2v) is 4.21. The van der Waals surface area contributed by atoms with Crippen molar-refractivity contribution in [2.45, 2.75) is 13.0 Å². The van der Waals surface area contributed by atoms with Gasteiger partial charge in [0, 0.05) is 11.6 Å². The fourth-order valence-electron chi connectivity index (χ4n) is 1.17. The first kappa shape index (κ1) is 13.1. The Balaban J connectivity index is 2.73. The van der Waals surface area contributed by atoms with Crippen LogP contribution in [-0.2, 0) is 9.47 Å². The number of methoxy groups -OCH3 is 1. The summed E-state index contributed by atoms with van der Waals surface area (Å²) in [6.45, 7) is 1.96. The van der Waals surface area contributed by atoms with Crippen LogP contribution in [0.1, 0.15) is 17.3 Å². The van der Waals surface area contributed by atoms with Crippen molar-refractivity contribution in [3.63, 3.8) is 0 Å². The van der Waals surface area contributed by atoms with Crippen LogP contribution >= 0.6 is 15.9 Å². The number of halogens is 2. The molecule has 0 aliphatic heterocycles. The fourth-order valence-corrected chi connectivity index (χ4v) is 1.50. The molecule has 0 amide bonds. The number of ether oxygens (including phenoxy) is 2. The molecule has 0 bridgehead atoms. The van der Waals surface area contributed by atoms with Gasteiger partial charge in [-0.2, -0.15) is 0 Å². The lowest BCUT2D eigenvalue weighted by Gasteiger charge is -2.12. The molecule has 88 valence electrons. The number of carbonyl (C=O) groups excluding carboxylic acids is 1. The molecule has 1 atom stereocenters. The summed E-state index contributed by atoms with van der Waals surface area (Å²) >= 11 is 3.11. The van der Waals surface area contributed by atoms with Gasteiger partial charge in [-0.1, -0.05) is 15.9 Å². The Kier molecular flexibility index (Phi) is 4.89. The van der Waals surface area contributed by atoms with Crippen molar-refractivity contribution in [1.29, 1.82) is 0 Å². The molecule has 3 nitrogen and oxygen atoms in total. The molecule has 0 heterocycles. The second-order valence-electron chi connectivity index (χ2n) is 3.30. The summed E-state index contributed by atoms with van der Waals surface area (Å²) in [4.78, 5) is 11.5. The molecule has 5 heteroatoms. The van der Waals surface area contributed by atoms with Gasteiger partial charge in [-0.3, -0.25) is 0 Å². The van der Waals surface area contributed by atoms with Gasteiger partial charge in [0.2, 0.25) is 0 Å². The van der Waals surface area contributed by atoms with Crippen molar-refractivity contribution in [3.8, 4) is 0 Å². The van der Waals surface area contributed by atoms with Crippen molar-refractivity contribution >= 4 is 21.9 Å². The number of benzene rings is 1. The number of carbonyl (C=O) groups is 1. The lowest BCUT2D eigenvalue weighted by atomic mass is 10.2. The van der Waals surface area contributed by atoms with Crippen LogP contribution in [0.3, 0.4) is 0 Å². The van der Waals surface area contributed by atoms with E-state index in [2.05, 4.69) is 15.9 Å². The van der Waals surface area contributed by atoms with Crippen LogP contribution in [0.15, 0.2) is 22.7 Å². The molecule has 0 saturated heterocycles. The summed E-state index contributed by atoms with van der Waals surface area (Å²) in [5.74, 6) is -1.29. The van der Waals surface area contributed by atoms with Gasteiger partial charge in [-0.25, -0.2) is 9.18 Å². The van der Waals surface area contributed by atoms with Gasteiger partial charge in [-0.05, 0) is 25.1 Å². The molecule has 1 rings (SSSR count). The summed E-state index contributed by atoms with van der Waals surface area (Å²) in [7, 11) is 1.50. The van der Waals surface area contributed by atoms with Gasteiger partial charge in [0.1, 0.15) is 11.9 Å². The molecule has 1 unspecified atom stereocenters. The van der Waals surface area contributed by atoms with Crippen LogP contribution in [-0.4, -0.2) is 25.8 Å². The van der Waals surface area contributed by atoms with Gasteiger partial charge in [0.25, 0.3) is 0 Å². The van der Waals surface area contributed by atoms with Gasteiger partial charge in [-0.15, -0.1) is 0 Å². The zero-order valence-corrected chi connectivity index (χ0v) is 10.6. The summed E-state index contributed by atoms with van der Waals surface area (Å²) < 4.78 is 23.7. The van der Waals surface area contributed by atoms with Crippen LogP contribution in [0, 0.1) is 5.82 Å². The molecular weight excluding hydrogens is 279 g/mol. The highest BCUT2D eigenvalue weighted by molar-refractivity contribution is 9.10. The van der Waals surface area contributed by atoms with Gasteiger partial charge in [0.15, 0.2) is 0 Å². The van der Waals surface area contributed by atoms with E-state index in [0.717, 1.165) is 0 Å². The summed E-state index contributed by atoms with van der Waals surface area (Å²) in [5.41, 5.74) is -0.0776. The molecule has 1 aromatic rings. The van der Waals surface area contributed by atoms with Gasteiger partial charge < -0.3 is 9.47 Å². The quantitative estimate of drug-likeness (QED) is 0.800. The zero-order chi connectivity index (χ0) is 12.1. The third-order valence-corrected chi connectivity index (χ3v) is 2.35. The van der Waals surface area contributed by atoms with Gasteiger partial charge >= 0.3 is 5.97 Å². The molecular formula is C11H12BrFO3. The van der Waals surface area contributed by atoms with E-state index < -0.39 is 17.9 Å². The molecule has 0 saturated carbocycles. The van der Waals surface area contributed by atoms with E-state index in [9.17, 15) is 9.18 Å². The van der Waals surface area contributed by atoms with Crippen LogP contribution < -0.4 is 0 Å². The molecule has 0 aliphatic carbocycles. The van der Waals surface area contributed by atoms with Crippen molar-refractivity contribution in [1.82, 2.24) is 0 Å². The first-order valence-electron chi connectivity index (χ1n) is 4.69. The highest BCUT2D eigenvalue weighted by atomic mass is 79.9. The zero-order valence-electron chi connectivity index (χ0n) is 9.00. The maximum absolute atomic E-state index is 13.4. The standard InChI is InChI=1S/C11H12BrFO3/c1-7(6-15-2)16-11(14)9-4-3-8(12)5-10(9)13/h3-5,7H,6H2,1-2H3. The van der Waals surface area contributed by atoms with Gasteiger partial charge in [0.05, 0.1) is 12.2 Å². The monoisotopic (exact) mass is 290 g/mol. The molecule has 1 aromatic carbocycles. The van der Waals surface area contributed by atoms with E-state index in [1.54, 1.807) is 13.0 Å². The van der Waals surface area contributed by atoms with Crippen LogP contribution in [0.4, 0.5) is 4.39 Å². The van der Waals surface area contributed by atoms with E-state index >= 15 is 0 Å². The van der Waals surface area contributed by atoms with E-state index in [-0.39, 0.29) is 12.2 Å². The minimum absolute atomic E-state index is 0.0776. The van der Waals surface area contributed by atoms with E-state index in [0.29, 0.717) is 4.47 Å². The number of hydrogen-bond acceptors (Lipinski definition) is 3. The first-order chi connectivity index (χ1) is 7.54. The largest absolute Gasteiger partial charge is 0.457 e. The number of hydrogen-bond donors (Lipinski definition) is 0. The maximum atomic E-state index is 13.4.